The molecule has 1 saturated heterocycles. The lowest BCUT2D eigenvalue weighted by molar-refractivity contribution is -0.0440. The van der Waals surface area contributed by atoms with Gasteiger partial charge in [-0.1, -0.05) is 24.3 Å². The van der Waals surface area contributed by atoms with E-state index in [2.05, 4.69) is 37.1 Å². The van der Waals surface area contributed by atoms with Crippen LogP contribution < -0.4 is 3.69 Å². The lowest BCUT2D eigenvalue weighted by atomic mass is 10.2. The number of hydrogen-bond donors (Lipinski definition) is 0. The lowest BCUT2D eigenvalue weighted by Crippen LogP contribution is -2.10. The molecule has 4 heteroatoms. The average Bonchev–Trinajstić information content (AvgIpc) is 2.71. The fraction of sp³-hybridized carbons (Fsp3) is 0.333. The van der Waals surface area contributed by atoms with Gasteiger partial charge >= 0.3 is 18.2 Å². The summed E-state index contributed by atoms with van der Waals surface area (Å²) in [7, 11) is 0. The highest BCUT2D eigenvalue weighted by atomic mass is 79.9. The Kier molecular flexibility index (Phi) is 3.63. The van der Waals surface area contributed by atoms with Crippen molar-refractivity contribution in [3.05, 3.63) is 29.8 Å². The standard InChI is InChI=1S/C9H9O2.BrH.Mg/c1-2-4-8(5-3-1)9-10-6-7-11-9;;/h1-2,4-5,9H,6-7H2;1H;/q;;+1/p-1. The topological polar surface area (TPSA) is 18.5 Å². The summed E-state index contributed by atoms with van der Waals surface area (Å²) in [6.45, 7) is 1.42. The molecule has 0 aliphatic carbocycles. The van der Waals surface area contributed by atoms with E-state index in [1.54, 1.807) is 0 Å². The molecule has 0 N–H and O–H groups in total. The first kappa shape index (κ1) is 9.92. The third-order valence-electron chi connectivity index (χ3n) is 2.00. The molecule has 66 valence electrons. The monoisotopic (exact) mass is 252 g/mol. The molecule has 1 fully saturated rings. The Bertz CT molecular complexity index is 287. The molecule has 1 aromatic carbocycles. The van der Waals surface area contributed by atoms with Gasteiger partial charge in [0.2, 0.25) is 0 Å². The molecule has 1 heterocycles. The fourth-order valence-corrected chi connectivity index (χ4v) is 2.96. The SMILES string of the molecule is [Br][Mg][c]1cccc(C2OCCO2)c1. The van der Waals surface area contributed by atoms with Crippen molar-refractivity contribution in [2.24, 2.45) is 0 Å². The van der Waals surface area contributed by atoms with E-state index < -0.39 is 0 Å². The maximum Gasteiger partial charge on any atom is 0.506 e. The van der Waals surface area contributed by atoms with Crippen LogP contribution in [0.3, 0.4) is 0 Å². The van der Waals surface area contributed by atoms with Crippen molar-refractivity contribution in [3.8, 4) is 0 Å². The lowest BCUT2D eigenvalue weighted by Gasteiger charge is -2.09. The molecule has 0 unspecified atom stereocenters. The van der Waals surface area contributed by atoms with Crippen LogP contribution >= 0.6 is 12.9 Å². The van der Waals surface area contributed by atoms with Crippen LogP contribution in [-0.2, 0) is 9.47 Å². The van der Waals surface area contributed by atoms with Crippen LogP contribution in [0.25, 0.3) is 0 Å². The van der Waals surface area contributed by atoms with Gasteiger partial charge in [-0.05, 0) is 0 Å². The molecule has 0 bridgehead atoms. The Morgan fingerprint density at radius 2 is 2.08 bits per heavy atom. The summed E-state index contributed by atoms with van der Waals surface area (Å²) in [5.74, 6) is 0. The second kappa shape index (κ2) is 4.75. The second-order valence-corrected chi connectivity index (χ2v) is 5.72. The van der Waals surface area contributed by atoms with Crippen molar-refractivity contribution in [2.45, 2.75) is 6.29 Å². The Balaban J connectivity index is 2.18. The molecule has 1 aliphatic rings. The van der Waals surface area contributed by atoms with Crippen molar-refractivity contribution in [3.63, 3.8) is 0 Å². The average molecular weight is 253 g/mol. The summed E-state index contributed by atoms with van der Waals surface area (Å²) in [5.41, 5.74) is 1.14. The Labute approximate surface area is 93.2 Å². The molecule has 1 aromatic rings. The van der Waals surface area contributed by atoms with Gasteiger partial charge in [0.15, 0.2) is 6.29 Å². The predicted octanol–water partition coefficient (Wildman–Crippen LogP) is 1.37. The van der Waals surface area contributed by atoms with E-state index in [9.17, 15) is 0 Å². The van der Waals surface area contributed by atoms with Crippen LogP contribution in [0.4, 0.5) is 0 Å². The number of benzene rings is 1. The van der Waals surface area contributed by atoms with E-state index in [1.807, 2.05) is 0 Å². The third kappa shape index (κ3) is 2.44. The maximum atomic E-state index is 5.42. The van der Waals surface area contributed by atoms with Crippen LogP contribution in [0.5, 0.6) is 0 Å². The highest BCUT2D eigenvalue weighted by molar-refractivity contribution is 9.23. The van der Waals surface area contributed by atoms with Gasteiger partial charge in [-0.25, -0.2) is 0 Å². The summed E-state index contributed by atoms with van der Waals surface area (Å²) < 4.78 is 12.2. The zero-order valence-corrected chi connectivity index (χ0v) is 10.2. The van der Waals surface area contributed by atoms with Crippen molar-refractivity contribution < 1.29 is 9.47 Å². The van der Waals surface area contributed by atoms with Crippen LogP contribution in [-0.4, -0.2) is 31.4 Å². The van der Waals surface area contributed by atoms with Gasteiger partial charge in [0.25, 0.3) is 0 Å². The Hall–Kier alpha value is 0.386. The largest absolute Gasteiger partial charge is 0.506 e. The first-order chi connectivity index (χ1) is 6.40. The number of halogens is 1. The van der Waals surface area contributed by atoms with Crippen LogP contribution in [0, 0.1) is 0 Å². The van der Waals surface area contributed by atoms with Gasteiger partial charge in [-0.3, -0.25) is 12.9 Å². The smallest absolute Gasteiger partial charge is 0.346 e. The van der Waals surface area contributed by atoms with Gasteiger partial charge < -0.3 is 9.47 Å². The molecule has 1 aliphatic heterocycles. The van der Waals surface area contributed by atoms with Gasteiger partial charge in [-0.2, -0.15) is 3.69 Å². The third-order valence-corrected chi connectivity index (χ3v) is 4.69. The van der Waals surface area contributed by atoms with Crippen LogP contribution in [0.1, 0.15) is 11.9 Å². The second-order valence-electron chi connectivity index (χ2n) is 2.95. The molecule has 0 atom stereocenters. The summed E-state index contributed by atoms with van der Waals surface area (Å²) in [4.78, 5) is 0. The minimum Gasteiger partial charge on any atom is -0.346 e. The number of ether oxygens (including phenoxy) is 2. The van der Waals surface area contributed by atoms with Gasteiger partial charge in [-0.15, -0.1) is 0 Å². The highest BCUT2D eigenvalue weighted by Gasteiger charge is 2.17. The minimum atomic E-state index is -0.256. The number of rotatable bonds is 2. The van der Waals surface area contributed by atoms with E-state index in [0.29, 0.717) is 13.2 Å². The molecular weight excluding hydrogens is 244 g/mol. The van der Waals surface area contributed by atoms with Gasteiger partial charge in [0.1, 0.15) is 0 Å². The number of hydrogen-bond acceptors (Lipinski definition) is 2. The summed E-state index contributed by atoms with van der Waals surface area (Å²) in [6, 6.07) is 8.41. The first-order valence-corrected chi connectivity index (χ1v) is 8.89. The van der Waals surface area contributed by atoms with Crippen LogP contribution in [0.2, 0.25) is 0 Å². The summed E-state index contributed by atoms with van der Waals surface area (Å²) in [6.07, 6.45) is -0.131. The molecule has 0 saturated carbocycles. The Morgan fingerprint density at radius 3 is 2.77 bits per heavy atom. The molecule has 2 nitrogen and oxygen atoms in total. The maximum absolute atomic E-state index is 5.42. The molecule has 13 heavy (non-hydrogen) atoms. The molecule has 0 amide bonds. The molecule has 0 radical (unpaired) electrons. The molecule has 0 aromatic heterocycles. The van der Waals surface area contributed by atoms with Crippen molar-refractivity contribution >= 4 is 34.8 Å². The minimum absolute atomic E-state index is 0.131. The molecular formula is C9H9BrMgO2. The van der Waals surface area contributed by atoms with E-state index in [0.717, 1.165) is 5.56 Å². The summed E-state index contributed by atoms with van der Waals surface area (Å²) in [5, 5.41) is 0. The predicted molar refractivity (Wildman–Crippen MR) is 55.4 cm³/mol. The van der Waals surface area contributed by atoms with E-state index in [-0.39, 0.29) is 24.5 Å². The zero-order chi connectivity index (χ0) is 9.10. The summed E-state index contributed by atoms with van der Waals surface area (Å²) >= 11 is 3.30. The highest BCUT2D eigenvalue weighted by Crippen LogP contribution is 2.21. The van der Waals surface area contributed by atoms with Crippen LogP contribution in [0.15, 0.2) is 24.3 Å². The van der Waals surface area contributed by atoms with E-state index in [4.69, 9.17) is 9.47 Å². The first-order valence-electron chi connectivity index (χ1n) is 4.28. The quantitative estimate of drug-likeness (QED) is 0.741. The normalized spacial score (nSPS) is 17.3. The van der Waals surface area contributed by atoms with Crippen molar-refractivity contribution in [2.75, 3.05) is 13.2 Å². The fourth-order valence-electron chi connectivity index (χ4n) is 1.37. The van der Waals surface area contributed by atoms with E-state index >= 15 is 0 Å². The van der Waals surface area contributed by atoms with Crippen molar-refractivity contribution in [1.29, 1.82) is 0 Å². The molecule has 2 rings (SSSR count). The van der Waals surface area contributed by atoms with E-state index in [1.165, 1.54) is 3.69 Å². The molecule has 0 spiro atoms. The van der Waals surface area contributed by atoms with Gasteiger partial charge in [0.05, 0.1) is 13.2 Å². The zero-order valence-electron chi connectivity index (χ0n) is 7.20. The van der Waals surface area contributed by atoms with Crippen molar-refractivity contribution in [1.82, 2.24) is 0 Å². The van der Waals surface area contributed by atoms with Gasteiger partial charge in [0, 0.05) is 5.56 Å². The Morgan fingerprint density at radius 1 is 1.31 bits per heavy atom.